The van der Waals surface area contributed by atoms with Gasteiger partial charge in [-0.2, -0.15) is 0 Å². The maximum absolute atomic E-state index is 12.1. The quantitative estimate of drug-likeness (QED) is 0.153. The van der Waals surface area contributed by atoms with E-state index in [1.807, 2.05) is 84.9 Å². The minimum atomic E-state index is -1.10. The number of carboxylic acids is 1. The maximum atomic E-state index is 12.1. The first-order chi connectivity index (χ1) is 24.6. The molecule has 0 unspecified atom stereocenters. The molecule has 0 aliphatic carbocycles. The first-order valence-electron chi connectivity index (χ1n) is 15.8. The van der Waals surface area contributed by atoms with Gasteiger partial charge in [0.1, 0.15) is 39.7 Å². The zero-order valence-electron chi connectivity index (χ0n) is 26.6. The molecule has 0 spiro atoms. The van der Waals surface area contributed by atoms with Gasteiger partial charge in [0.25, 0.3) is 0 Å². The third-order valence-corrected chi connectivity index (χ3v) is 8.88. The second-order valence-corrected chi connectivity index (χ2v) is 11.8. The molecule has 5 heterocycles. The molecule has 12 heteroatoms. The Morgan fingerprint density at radius 3 is 1.43 bits per heavy atom. The number of fused-ring (bicyclic) bond motifs is 20. The number of carboxylic acid groups (broad SMARTS) is 1. The van der Waals surface area contributed by atoms with E-state index in [4.69, 9.17) is 34.6 Å². The van der Waals surface area contributed by atoms with Gasteiger partial charge in [0.2, 0.25) is 0 Å². The number of ether oxygens (including phenoxy) is 1. The van der Waals surface area contributed by atoms with Crippen LogP contribution in [0.4, 0.5) is 0 Å². The van der Waals surface area contributed by atoms with Crippen LogP contribution in [0.1, 0.15) is 10.4 Å². The van der Waals surface area contributed by atoms with Gasteiger partial charge in [-0.3, -0.25) is 0 Å². The van der Waals surface area contributed by atoms with E-state index in [1.54, 1.807) is 24.3 Å². The minimum absolute atomic E-state index is 0. The Kier molecular flexibility index (Phi) is 7.01. The van der Waals surface area contributed by atoms with Gasteiger partial charge in [0.15, 0.2) is 23.3 Å². The summed E-state index contributed by atoms with van der Waals surface area (Å²) in [4.78, 5) is 49.0. The van der Waals surface area contributed by atoms with Gasteiger partial charge in [0, 0.05) is 38.2 Å². The summed E-state index contributed by atoms with van der Waals surface area (Å²) in [5, 5.41) is 13.3. The molecule has 10 rings (SSSR count). The van der Waals surface area contributed by atoms with Crippen LogP contribution in [0, 0.1) is 0 Å². The van der Waals surface area contributed by atoms with Crippen LogP contribution in [-0.4, -0.2) is 50.9 Å². The molecule has 5 aromatic carbocycles. The fourth-order valence-electron chi connectivity index (χ4n) is 6.59. The Hall–Kier alpha value is -6.65. The average Bonchev–Trinajstić information content (AvgIpc) is 3.88. The third-order valence-electron chi connectivity index (χ3n) is 8.88. The van der Waals surface area contributed by atoms with E-state index in [0.717, 1.165) is 32.7 Å². The van der Waals surface area contributed by atoms with E-state index in [0.29, 0.717) is 62.8 Å². The van der Waals surface area contributed by atoms with Gasteiger partial charge in [0.05, 0.1) is 5.56 Å². The SMILES string of the molecule is O=C(O)c1ccccc1Oc1cccc2c1-c1nc-2nc2[nH]c(nc3nc(nc4[nH]c(n1)c1ccccc41)-c1ccccc1-3)c1ccccc21.[Zn+2]. The van der Waals surface area contributed by atoms with Crippen molar-refractivity contribution >= 4 is 50.1 Å². The summed E-state index contributed by atoms with van der Waals surface area (Å²) in [5.41, 5.74) is 5.30. The van der Waals surface area contributed by atoms with E-state index >= 15 is 0 Å². The molecular weight excluding hydrogens is 694 g/mol. The summed E-state index contributed by atoms with van der Waals surface area (Å²) in [6.07, 6.45) is 0. The molecule has 51 heavy (non-hydrogen) atoms. The maximum Gasteiger partial charge on any atom is 2.00 e. The predicted octanol–water partition coefficient (Wildman–Crippen LogP) is 8.36. The van der Waals surface area contributed by atoms with Gasteiger partial charge in [-0.1, -0.05) is 97.1 Å². The molecule has 2 aliphatic heterocycles. The minimum Gasteiger partial charge on any atom is -0.478 e. The molecule has 0 saturated heterocycles. The molecule has 0 saturated carbocycles. The van der Waals surface area contributed by atoms with Gasteiger partial charge in [-0.05, 0) is 18.2 Å². The van der Waals surface area contributed by atoms with Crippen LogP contribution in [0.3, 0.4) is 0 Å². The standard InChI is InChI=1S/C39H22N8O3.Zn/c48-39(49)26-16-7-8-18-28(26)50-29-19-9-17-27-30(29)38-46-36-25-15-6-5-14-24(25)34(44-36)42-32-21-11-2-1-10-20(21)31(40-32)41-33-22-12-3-4-13-23(22)35(43-33)45-37(27)47-38;/h1-19H,(H,48,49)(H2,40,41,42,43,44,45,46,47);/q;+2. The third kappa shape index (κ3) is 4.87. The van der Waals surface area contributed by atoms with Gasteiger partial charge in [-0.25, -0.2) is 34.7 Å². The summed E-state index contributed by atoms with van der Waals surface area (Å²) in [6, 6.07) is 35.6. The number of aromatic nitrogens is 8. The largest absolute Gasteiger partial charge is 2.00 e. The number of aromatic amines is 2. The number of hydrogen-bond donors (Lipinski definition) is 3. The van der Waals surface area contributed by atoms with Crippen LogP contribution >= 0.6 is 0 Å². The second kappa shape index (κ2) is 11.8. The molecule has 0 radical (unpaired) electrons. The Morgan fingerprint density at radius 1 is 0.471 bits per heavy atom. The topological polar surface area (TPSA) is 155 Å². The van der Waals surface area contributed by atoms with Crippen molar-refractivity contribution in [3.05, 3.63) is 121 Å². The molecule has 2 aliphatic rings. The van der Waals surface area contributed by atoms with Crippen LogP contribution < -0.4 is 4.74 Å². The van der Waals surface area contributed by atoms with Gasteiger partial charge < -0.3 is 19.8 Å². The number of aromatic carboxylic acids is 1. The zero-order valence-corrected chi connectivity index (χ0v) is 29.6. The fraction of sp³-hybridized carbons (Fsp3) is 0. The number of rotatable bonds is 3. The number of nitrogens with one attached hydrogen (secondary N) is 2. The summed E-state index contributed by atoms with van der Waals surface area (Å²) in [7, 11) is 0. The van der Waals surface area contributed by atoms with Crippen LogP contribution in [0.2, 0.25) is 0 Å². The van der Waals surface area contributed by atoms with Crippen molar-refractivity contribution < 1.29 is 34.1 Å². The molecule has 3 N–H and O–H groups in total. The average molecular weight is 716 g/mol. The fourth-order valence-corrected chi connectivity index (χ4v) is 6.59. The van der Waals surface area contributed by atoms with Crippen molar-refractivity contribution in [2.75, 3.05) is 0 Å². The van der Waals surface area contributed by atoms with Crippen molar-refractivity contribution in [3.8, 4) is 57.1 Å². The van der Waals surface area contributed by atoms with Crippen molar-refractivity contribution in [2.24, 2.45) is 0 Å². The van der Waals surface area contributed by atoms with E-state index in [1.165, 1.54) is 6.07 Å². The van der Waals surface area contributed by atoms with E-state index in [-0.39, 0.29) is 30.8 Å². The Labute approximate surface area is 300 Å². The normalized spacial score (nSPS) is 11.5. The number of carbonyl (C=O) groups is 1. The predicted molar refractivity (Wildman–Crippen MR) is 190 cm³/mol. The molecule has 8 bridgehead atoms. The van der Waals surface area contributed by atoms with E-state index < -0.39 is 5.97 Å². The number of H-pyrrole nitrogens is 2. The summed E-state index contributed by atoms with van der Waals surface area (Å²) >= 11 is 0. The Bertz CT molecular complexity index is 2910. The zero-order chi connectivity index (χ0) is 33.3. The second-order valence-electron chi connectivity index (χ2n) is 11.8. The van der Waals surface area contributed by atoms with Crippen LogP contribution in [0.25, 0.3) is 89.7 Å². The Morgan fingerprint density at radius 2 is 0.882 bits per heavy atom. The Balaban J connectivity index is 0.00000348. The molecule has 0 atom stereocenters. The van der Waals surface area contributed by atoms with Crippen LogP contribution in [-0.2, 0) is 19.5 Å². The number of para-hydroxylation sites is 1. The molecule has 236 valence electrons. The van der Waals surface area contributed by atoms with Gasteiger partial charge in [-0.15, -0.1) is 0 Å². The number of benzene rings is 5. The smallest absolute Gasteiger partial charge is 0.478 e. The summed E-state index contributed by atoms with van der Waals surface area (Å²) < 4.78 is 6.33. The molecule has 8 aromatic rings. The molecule has 11 nitrogen and oxygen atoms in total. The van der Waals surface area contributed by atoms with Crippen molar-refractivity contribution in [3.63, 3.8) is 0 Å². The summed E-state index contributed by atoms with van der Waals surface area (Å²) in [5.74, 6) is 1.28. The summed E-state index contributed by atoms with van der Waals surface area (Å²) in [6.45, 7) is 0. The first kappa shape index (κ1) is 30.4. The molecule has 0 fully saturated rings. The van der Waals surface area contributed by atoms with Crippen molar-refractivity contribution in [1.82, 2.24) is 39.9 Å². The van der Waals surface area contributed by atoms with Crippen molar-refractivity contribution in [2.45, 2.75) is 0 Å². The first-order valence-corrected chi connectivity index (χ1v) is 15.8. The monoisotopic (exact) mass is 714 g/mol. The molecule has 0 amide bonds. The van der Waals surface area contributed by atoms with E-state index in [9.17, 15) is 9.90 Å². The molecular formula is C39H22N8O3Zn+2. The van der Waals surface area contributed by atoms with Crippen LogP contribution in [0.15, 0.2) is 115 Å². The van der Waals surface area contributed by atoms with Gasteiger partial charge >= 0.3 is 25.4 Å². The van der Waals surface area contributed by atoms with Crippen molar-refractivity contribution in [1.29, 1.82) is 0 Å². The van der Waals surface area contributed by atoms with Crippen LogP contribution in [0.5, 0.6) is 11.5 Å². The number of hydrogen-bond acceptors (Lipinski definition) is 8. The number of nitrogens with zero attached hydrogens (tertiary/aromatic N) is 6. The van der Waals surface area contributed by atoms with E-state index in [2.05, 4.69) is 9.97 Å². The molecule has 3 aromatic heterocycles.